The first-order valence-electron chi connectivity index (χ1n) is 6.28. The van der Waals surface area contributed by atoms with Crippen LogP contribution in [0.5, 0.6) is 5.75 Å². The number of aliphatic hydroxyl groups excluding tert-OH is 2. The summed E-state index contributed by atoms with van der Waals surface area (Å²) in [6, 6.07) is 16.0. The van der Waals surface area contributed by atoms with E-state index >= 15 is 0 Å². The maximum absolute atomic E-state index is 9.25. The molecule has 19 heavy (non-hydrogen) atoms. The fourth-order valence-corrected chi connectivity index (χ4v) is 1.91. The second kappa shape index (κ2) is 6.36. The van der Waals surface area contributed by atoms with Crippen LogP contribution in [-0.4, -0.2) is 29.5 Å². The Morgan fingerprint density at radius 2 is 1.84 bits per heavy atom. The van der Waals surface area contributed by atoms with Gasteiger partial charge in [0.1, 0.15) is 18.5 Å². The van der Waals surface area contributed by atoms with E-state index in [2.05, 4.69) is 12.1 Å². The van der Waals surface area contributed by atoms with Gasteiger partial charge in [0.15, 0.2) is 0 Å². The van der Waals surface area contributed by atoms with Crippen molar-refractivity contribution in [1.29, 1.82) is 0 Å². The van der Waals surface area contributed by atoms with E-state index in [1.54, 1.807) is 0 Å². The second-order valence-electron chi connectivity index (χ2n) is 4.49. The SMILES string of the molecule is Cc1cc(OC[C@@H](O)CO)ccc1-c1ccccc1. The zero-order valence-corrected chi connectivity index (χ0v) is 10.9. The van der Waals surface area contributed by atoms with Crippen molar-refractivity contribution >= 4 is 0 Å². The number of hydrogen-bond acceptors (Lipinski definition) is 3. The highest BCUT2D eigenvalue weighted by Crippen LogP contribution is 2.26. The minimum Gasteiger partial charge on any atom is -0.491 e. The summed E-state index contributed by atoms with van der Waals surface area (Å²) in [4.78, 5) is 0. The van der Waals surface area contributed by atoms with Gasteiger partial charge in [0.25, 0.3) is 0 Å². The van der Waals surface area contributed by atoms with Gasteiger partial charge >= 0.3 is 0 Å². The standard InChI is InChI=1S/C16H18O3/c1-12-9-15(19-11-14(18)10-17)7-8-16(12)13-5-3-2-4-6-13/h2-9,14,17-18H,10-11H2,1H3/t14-/m0/s1. The number of aliphatic hydroxyl groups is 2. The van der Waals surface area contributed by atoms with E-state index < -0.39 is 6.10 Å². The van der Waals surface area contributed by atoms with Crippen LogP contribution < -0.4 is 4.74 Å². The maximum Gasteiger partial charge on any atom is 0.119 e. The average Bonchev–Trinajstić information content (AvgIpc) is 2.45. The van der Waals surface area contributed by atoms with Gasteiger partial charge in [0.2, 0.25) is 0 Å². The molecule has 0 aliphatic carbocycles. The van der Waals surface area contributed by atoms with Gasteiger partial charge in [0.05, 0.1) is 6.61 Å². The zero-order chi connectivity index (χ0) is 13.7. The Bertz CT molecular complexity index is 523. The van der Waals surface area contributed by atoms with Gasteiger partial charge in [-0.3, -0.25) is 0 Å². The molecule has 0 amide bonds. The molecule has 1 atom stereocenters. The number of rotatable bonds is 5. The van der Waals surface area contributed by atoms with Crippen LogP contribution in [0.4, 0.5) is 0 Å². The first kappa shape index (κ1) is 13.6. The minimum absolute atomic E-state index is 0.0978. The van der Waals surface area contributed by atoms with Gasteiger partial charge in [0, 0.05) is 0 Å². The molecule has 0 aliphatic rings. The fraction of sp³-hybridized carbons (Fsp3) is 0.250. The number of benzene rings is 2. The summed E-state index contributed by atoms with van der Waals surface area (Å²) in [6.07, 6.45) is -0.839. The first-order valence-corrected chi connectivity index (χ1v) is 6.28. The molecule has 0 saturated carbocycles. The monoisotopic (exact) mass is 258 g/mol. The fourth-order valence-electron chi connectivity index (χ4n) is 1.91. The number of hydrogen-bond donors (Lipinski definition) is 2. The summed E-state index contributed by atoms with van der Waals surface area (Å²) in [6.45, 7) is 1.83. The lowest BCUT2D eigenvalue weighted by Gasteiger charge is -2.12. The summed E-state index contributed by atoms with van der Waals surface area (Å²) < 4.78 is 5.42. The highest BCUT2D eigenvalue weighted by molar-refractivity contribution is 5.67. The van der Waals surface area contributed by atoms with E-state index in [1.165, 1.54) is 5.56 Å². The molecule has 2 aromatic carbocycles. The van der Waals surface area contributed by atoms with Crippen LogP contribution >= 0.6 is 0 Å². The summed E-state index contributed by atoms with van der Waals surface area (Å²) in [5.74, 6) is 0.699. The van der Waals surface area contributed by atoms with Crippen LogP contribution in [0.2, 0.25) is 0 Å². The van der Waals surface area contributed by atoms with Crippen LogP contribution in [0.1, 0.15) is 5.56 Å². The summed E-state index contributed by atoms with van der Waals surface area (Å²) in [7, 11) is 0. The summed E-state index contributed by atoms with van der Waals surface area (Å²) in [5.41, 5.74) is 3.44. The van der Waals surface area contributed by atoms with Gasteiger partial charge in [-0.25, -0.2) is 0 Å². The lowest BCUT2D eigenvalue weighted by atomic mass is 10.0. The molecule has 0 aliphatic heterocycles. The Kier molecular flexibility index (Phi) is 4.55. The Hall–Kier alpha value is -1.84. The predicted molar refractivity (Wildman–Crippen MR) is 75.2 cm³/mol. The Labute approximate surface area is 113 Å². The molecular formula is C16H18O3. The van der Waals surface area contributed by atoms with E-state index in [0.29, 0.717) is 5.75 Å². The predicted octanol–water partition coefficient (Wildman–Crippen LogP) is 2.39. The van der Waals surface area contributed by atoms with E-state index in [-0.39, 0.29) is 13.2 Å². The third-order valence-electron chi connectivity index (χ3n) is 2.94. The first-order chi connectivity index (χ1) is 9.20. The van der Waals surface area contributed by atoms with Gasteiger partial charge in [-0.2, -0.15) is 0 Å². The molecule has 0 aromatic heterocycles. The smallest absolute Gasteiger partial charge is 0.119 e. The van der Waals surface area contributed by atoms with Crippen LogP contribution in [0.3, 0.4) is 0 Å². The van der Waals surface area contributed by atoms with E-state index in [1.807, 2.05) is 43.3 Å². The van der Waals surface area contributed by atoms with Crippen LogP contribution in [0.15, 0.2) is 48.5 Å². The summed E-state index contributed by atoms with van der Waals surface area (Å²) >= 11 is 0. The van der Waals surface area contributed by atoms with E-state index in [9.17, 15) is 5.11 Å². The van der Waals surface area contributed by atoms with Crippen LogP contribution in [0, 0.1) is 6.92 Å². The molecule has 2 rings (SSSR count). The Morgan fingerprint density at radius 3 is 2.47 bits per heavy atom. The van der Waals surface area contributed by atoms with Crippen molar-refractivity contribution in [3.8, 4) is 16.9 Å². The molecule has 0 bridgehead atoms. The highest BCUT2D eigenvalue weighted by atomic mass is 16.5. The van der Waals surface area contributed by atoms with Crippen LogP contribution in [0.25, 0.3) is 11.1 Å². The third kappa shape index (κ3) is 3.56. The third-order valence-corrected chi connectivity index (χ3v) is 2.94. The Morgan fingerprint density at radius 1 is 1.11 bits per heavy atom. The van der Waals surface area contributed by atoms with Crippen LogP contribution in [-0.2, 0) is 0 Å². The zero-order valence-electron chi connectivity index (χ0n) is 10.9. The molecule has 0 heterocycles. The van der Waals surface area contributed by atoms with Crippen molar-refractivity contribution in [2.75, 3.05) is 13.2 Å². The van der Waals surface area contributed by atoms with Gasteiger partial charge in [-0.05, 0) is 35.7 Å². The second-order valence-corrected chi connectivity index (χ2v) is 4.49. The van der Waals surface area contributed by atoms with Crippen molar-refractivity contribution in [3.63, 3.8) is 0 Å². The Balaban J connectivity index is 2.14. The lowest BCUT2D eigenvalue weighted by Crippen LogP contribution is -2.21. The molecule has 0 spiro atoms. The average molecular weight is 258 g/mol. The molecule has 2 N–H and O–H groups in total. The number of ether oxygens (including phenoxy) is 1. The quantitative estimate of drug-likeness (QED) is 0.865. The van der Waals surface area contributed by atoms with Crippen molar-refractivity contribution in [1.82, 2.24) is 0 Å². The highest BCUT2D eigenvalue weighted by Gasteiger charge is 2.06. The minimum atomic E-state index is -0.839. The largest absolute Gasteiger partial charge is 0.491 e. The van der Waals surface area contributed by atoms with Gasteiger partial charge in [-0.15, -0.1) is 0 Å². The molecule has 0 saturated heterocycles. The van der Waals surface area contributed by atoms with E-state index in [0.717, 1.165) is 11.1 Å². The lowest BCUT2D eigenvalue weighted by molar-refractivity contribution is 0.0536. The number of aryl methyl sites for hydroxylation is 1. The topological polar surface area (TPSA) is 49.7 Å². The van der Waals surface area contributed by atoms with Gasteiger partial charge in [-0.1, -0.05) is 36.4 Å². The molecule has 100 valence electrons. The molecule has 0 fully saturated rings. The normalized spacial score (nSPS) is 12.2. The molecule has 2 aromatic rings. The molecule has 3 heteroatoms. The van der Waals surface area contributed by atoms with Gasteiger partial charge < -0.3 is 14.9 Å². The van der Waals surface area contributed by atoms with E-state index in [4.69, 9.17) is 9.84 Å². The summed E-state index contributed by atoms with van der Waals surface area (Å²) in [5, 5.41) is 18.0. The molecule has 0 radical (unpaired) electrons. The van der Waals surface area contributed by atoms with Crippen molar-refractivity contribution in [2.45, 2.75) is 13.0 Å². The molecule has 3 nitrogen and oxygen atoms in total. The van der Waals surface area contributed by atoms with Crippen molar-refractivity contribution in [3.05, 3.63) is 54.1 Å². The van der Waals surface area contributed by atoms with Crippen molar-refractivity contribution in [2.24, 2.45) is 0 Å². The maximum atomic E-state index is 9.25. The molecular weight excluding hydrogens is 240 g/mol. The van der Waals surface area contributed by atoms with Crippen molar-refractivity contribution < 1.29 is 14.9 Å². The molecule has 0 unspecified atom stereocenters.